The maximum atomic E-state index is 12.2. The number of para-hydroxylation sites is 1. The number of anilines is 1. The quantitative estimate of drug-likeness (QED) is 0.720. The normalized spacial score (nSPS) is 11.2. The summed E-state index contributed by atoms with van der Waals surface area (Å²) in [6.45, 7) is 0. The number of hydroxylamine groups is 1. The molecule has 0 saturated heterocycles. The zero-order chi connectivity index (χ0) is 11.5. The van der Waals surface area contributed by atoms with Crippen LogP contribution in [0.1, 0.15) is 0 Å². The highest BCUT2D eigenvalue weighted by Gasteiger charge is 2.43. The van der Waals surface area contributed by atoms with Gasteiger partial charge in [0, 0.05) is 0 Å². The maximum absolute atomic E-state index is 12.2. The molecule has 1 radical (unpaired) electrons. The molecule has 0 atom stereocenters. The Morgan fingerprint density at radius 3 is 2.27 bits per heavy atom. The van der Waals surface area contributed by atoms with Gasteiger partial charge in [0.1, 0.15) is 0 Å². The van der Waals surface area contributed by atoms with E-state index in [1.807, 2.05) is 0 Å². The smallest absolute Gasteiger partial charge is 0.269 e. The largest absolute Gasteiger partial charge is 0.465 e. The van der Waals surface area contributed by atoms with Crippen molar-refractivity contribution in [2.45, 2.75) is 6.11 Å². The average Bonchev–Trinajstić information content (AvgIpc) is 2.19. The summed E-state index contributed by atoms with van der Waals surface area (Å²) < 4.78 is 24.4. The Morgan fingerprint density at radius 1 is 1.33 bits per heavy atom. The lowest BCUT2D eigenvalue weighted by atomic mass is 10.3. The molecule has 15 heavy (non-hydrogen) atoms. The van der Waals surface area contributed by atoms with Crippen LogP contribution in [0.15, 0.2) is 30.3 Å². The van der Waals surface area contributed by atoms with Crippen LogP contribution in [0.2, 0.25) is 0 Å². The van der Waals surface area contributed by atoms with Crippen molar-refractivity contribution in [3.63, 3.8) is 0 Å². The zero-order valence-electron chi connectivity index (χ0n) is 7.81. The number of hydrogen-bond acceptors (Lipinski definition) is 2. The van der Waals surface area contributed by atoms with Gasteiger partial charge < -0.3 is 0 Å². The van der Waals surface area contributed by atoms with E-state index >= 15 is 0 Å². The van der Waals surface area contributed by atoms with Gasteiger partial charge in [0.15, 0.2) is 0 Å². The van der Waals surface area contributed by atoms with E-state index in [9.17, 15) is 18.7 Å². The Kier molecular flexibility index (Phi) is 3.33. The van der Waals surface area contributed by atoms with E-state index in [2.05, 4.69) is 4.84 Å². The molecule has 0 aliphatic carbocycles. The standard InChI is InChI=1S/C9H8F2NO3/c1-15-12(8(13)9(10,11)14)7-5-3-2-4-6-7/h2-6H,1H3. The number of nitrogens with zero attached hydrogens (tertiary/aromatic N) is 1. The highest BCUT2D eigenvalue weighted by Crippen LogP contribution is 2.20. The first-order chi connectivity index (χ1) is 6.96. The molecule has 6 heteroatoms. The minimum atomic E-state index is -4.70. The van der Waals surface area contributed by atoms with E-state index in [4.69, 9.17) is 0 Å². The number of alkyl halides is 2. The molecule has 1 amide bonds. The molecule has 1 aromatic carbocycles. The van der Waals surface area contributed by atoms with Gasteiger partial charge in [-0.15, -0.1) is 5.11 Å². The van der Waals surface area contributed by atoms with Crippen LogP contribution >= 0.6 is 0 Å². The molecule has 0 aromatic heterocycles. The van der Waals surface area contributed by atoms with Gasteiger partial charge in [0.25, 0.3) is 0 Å². The van der Waals surface area contributed by atoms with Crippen molar-refractivity contribution < 1.29 is 23.5 Å². The minimum absolute atomic E-state index is 0.0699. The van der Waals surface area contributed by atoms with Crippen LogP contribution in [0.4, 0.5) is 14.5 Å². The Morgan fingerprint density at radius 2 is 1.87 bits per heavy atom. The molecule has 0 N–H and O–H groups in total. The number of carbonyl (C=O) groups excluding carboxylic acids is 1. The number of halogens is 2. The molecule has 0 aliphatic heterocycles. The van der Waals surface area contributed by atoms with Gasteiger partial charge >= 0.3 is 12.0 Å². The van der Waals surface area contributed by atoms with Crippen molar-refractivity contribution in [3.8, 4) is 0 Å². The van der Waals surface area contributed by atoms with Crippen molar-refractivity contribution >= 4 is 11.6 Å². The van der Waals surface area contributed by atoms with Crippen LogP contribution in [0.5, 0.6) is 0 Å². The average molecular weight is 216 g/mol. The lowest BCUT2D eigenvalue weighted by molar-refractivity contribution is -0.234. The highest BCUT2D eigenvalue weighted by atomic mass is 19.3. The molecule has 0 bridgehead atoms. The fourth-order valence-corrected chi connectivity index (χ4v) is 0.987. The second-order valence-electron chi connectivity index (χ2n) is 2.63. The number of rotatable bonds is 3. The Hall–Kier alpha value is -1.53. The number of amides is 1. The molecule has 4 nitrogen and oxygen atoms in total. The molecule has 0 unspecified atom stereocenters. The Balaban J connectivity index is 2.96. The summed E-state index contributed by atoms with van der Waals surface area (Å²) in [5.74, 6) is -1.95. The number of carbonyl (C=O) groups is 1. The second kappa shape index (κ2) is 4.33. The number of hydrogen-bond donors (Lipinski definition) is 0. The van der Waals surface area contributed by atoms with Gasteiger partial charge in [-0.25, -0.2) is 0 Å². The van der Waals surface area contributed by atoms with Gasteiger partial charge in [-0.1, -0.05) is 18.2 Å². The van der Waals surface area contributed by atoms with Crippen molar-refractivity contribution in [2.24, 2.45) is 0 Å². The van der Waals surface area contributed by atoms with E-state index in [1.165, 1.54) is 24.3 Å². The molecule has 1 rings (SSSR count). The van der Waals surface area contributed by atoms with Gasteiger partial charge in [-0.2, -0.15) is 13.8 Å². The predicted octanol–water partition coefficient (Wildman–Crippen LogP) is 1.60. The van der Waals surface area contributed by atoms with E-state index in [0.717, 1.165) is 7.11 Å². The third-order valence-electron chi connectivity index (χ3n) is 1.61. The molecule has 0 heterocycles. The fourth-order valence-electron chi connectivity index (χ4n) is 0.987. The third kappa shape index (κ3) is 2.71. The van der Waals surface area contributed by atoms with E-state index < -0.39 is 12.0 Å². The molecule has 0 aliphatic rings. The summed E-state index contributed by atoms with van der Waals surface area (Å²) in [4.78, 5) is 15.4. The summed E-state index contributed by atoms with van der Waals surface area (Å²) >= 11 is 0. The van der Waals surface area contributed by atoms with E-state index in [-0.39, 0.29) is 10.8 Å². The molecule has 0 fully saturated rings. The first kappa shape index (κ1) is 11.5. The predicted molar refractivity (Wildman–Crippen MR) is 46.6 cm³/mol. The molecule has 1 aromatic rings. The second-order valence-corrected chi connectivity index (χ2v) is 2.63. The minimum Gasteiger partial charge on any atom is -0.269 e. The van der Waals surface area contributed by atoms with Crippen molar-refractivity contribution in [1.29, 1.82) is 0 Å². The lowest BCUT2D eigenvalue weighted by Crippen LogP contribution is -2.42. The highest BCUT2D eigenvalue weighted by molar-refractivity contribution is 5.95. The molecule has 0 saturated carbocycles. The zero-order valence-corrected chi connectivity index (χ0v) is 7.81. The first-order valence-corrected chi connectivity index (χ1v) is 3.98. The Bertz CT molecular complexity index is 337. The van der Waals surface area contributed by atoms with Crippen molar-refractivity contribution in [2.75, 3.05) is 12.2 Å². The van der Waals surface area contributed by atoms with Gasteiger partial charge in [0.05, 0.1) is 12.8 Å². The summed E-state index contributed by atoms with van der Waals surface area (Å²) in [6.07, 6.45) is -4.70. The third-order valence-corrected chi connectivity index (χ3v) is 1.61. The summed E-state index contributed by atoms with van der Waals surface area (Å²) in [6, 6.07) is 7.42. The molecule has 81 valence electrons. The van der Waals surface area contributed by atoms with E-state index in [0.29, 0.717) is 0 Å². The van der Waals surface area contributed by atoms with Gasteiger partial charge in [0.2, 0.25) is 0 Å². The summed E-state index contributed by atoms with van der Waals surface area (Å²) in [7, 11) is 1.02. The molecular weight excluding hydrogens is 208 g/mol. The first-order valence-electron chi connectivity index (χ1n) is 3.98. The lowest BCUT2D eigenvalue weighted by Gasteiger charge is -2.20. The van der Waals surface area contributed by atoms with Gasteiger partial charge in [-0.3, -0.25) is 9.63 Å². The SMILES string of the molecule is CON(C(=O)C([O])(F)F)c1ccccc1. The van der Waals surface area contributed by atoms with Crippen LogP contribution in [0, 0.1) is 0 Å². The van der Waals surface area contributed by atoms with Crippen molar-refractivity contribution in [1.82, 2.24) is 0 Å². The van der Waals surface area contributed by atoms with Crippen LogP contribution in [-0.2, 0) is 14.7 Å². The number of benzene rings is 1. The maximum Gasteiger partial charge on any atom is 0.465 e. The monoisotopic (exact) mass is 216 g/mol. The Labute approximate surface area is 84.6 Å². The van der Waals surface area contributed by atoms with Crippen LogP contribution in [0.25, 0.3) is 0 Å². The van der Waals surface area contributed by atoms with E-state index in [1.54, 1.807) is 6.07 Å². The topological polar surface area (TPSA) is 49.4 Å². The van der Waals surface area contributed by atoms with Crippen LogP contribution < -0.4 is 5.06 Å². The fraction of sp³-hybridized carbons (Fsp3) is 0.222. The van der Waals surface area contributed by atoms with Crippen LogP contribution in [-0.4, -0.2) is 19.1 Å². The molecular formula is C9H8F2NO3. The summed E-state index contributed by atoms with van der Waals surface area (Å²) in [5.41, 5.74) is 0.0699. The summed E-state index contributed by atoms with van der Waals surface area (Å²) in [5, 5.41) is 10.4. The molecule has 0 spiro atoms. The van der Waals surface area contributed by atoms with Crippen LogP contribution in [0.3, 0.4) is 0 Å². The van der Waals surface area contributed by atoms with Crippen molar-refractivity contribution in [3.05, 3.63) is 30.3 Å². The van der Waals surface area contributed by atoms with Gasteiger partial charge in [-0.05, 0) is 12.1 Å².